The summed E-state index contributed by atoms with van der Waals surface area (Å²) < 4.78 is 10.6. The van der Waals surface area contributed by atoms with Gasteiger partial charge in [0.15, 0.2) is 11.5 Å². The molecule has 0 aliphatic carbocycles. The fourth-order valence-electron chi connectivity index (χ4n) is 3.89. The Morgan fingerprint density at radius 1 is 1.39 bits per heavy atom. The molecular weight excluding hydrogens is 292 g/mol. The number of benzene rings is 1. The zero-order valence-corrected chi connectivity index (χ0v) is 13.0. The van der Waals surface area contributed by atoms with Gasteiger partial charge in [-0.2, -0.15) is 0 Å². The molecule has 3 fully saturated rings. The third-order valence-electron chi connectivity index (χ3n) is 5.23. The minimum Gasteiger partial charge on any atom is -0.454 e. The van der Waals surface area contributed by atoms with Crippen LogP contribution in [0.25, 0.3) is 0 Å². The van der Waals surface area contributed by atoms with Gasteiger partial charge in [-0.05, 0) is 43.5 Å². The predicted octanol–water partition coefficient (Wildman–Crippen LogP) is 1.49. The summed E-state index contributed by atoms with van der Waals surface area (Å²) in [6, 6.07) is 5.68. The van der Waals surface area contributed by atoms with Crippen LogP contribution in [0.4, 0.5) is 0 Å². The van der Waals surface area contributed by atoms with Gasteiger partial charge < -0.3 is 14.8 Å². The Hall–Kier alpha value is -2.19. The van der Waals surface area contributed by atoms with Crippen LogP contribution in [0.2, 0.25) is 0 Å². The third-order valence-corrected chi connectivity index (χ3v) is 5.23. The van der Waals surface area contributed by atoms with E-state index in [0.29, 0.717) is 41.5 Å². The van der Waals surface area contributed by atoms with Gasteiger partial charge >= 0.3 is 0 Å². The number of rotatable bonds is 3. The number of carbonyl (C=O) groups excluding carboxylic acids is 1. The van der Waals surface area contributed by atoms with Crippen molar-refractivity contribution in [3.63, 3.8) is 0 Å². The number of nitrogens with one attached hydrogen (secondary N) is 1. The third kappa shape index (κ3) is 2.64. The van der Waals surface area contributed by atoms with Crippen LogP contribution in [0, 0.1) is 24.2 Å². The zero-order chi connectivity index (χ0) is 15.8. The van der Waals surface area contributed by atoms with E-state index in [1.165, 1.54) is 6.42 Å². The van der Waals surface area contributed by atoms with E-state index in [1.807, 2.05) is 0 Å². The Balaban J connectivity index is 1.36. The van der Waals surface area contributed by atoms with Crippen LogP contribution >= 0.6 is 0 Å². The second-order valence-electron chi connectivity index (χ2n) is 6.48. The van der Waals surface area contributed by atoms with Crippen LogP contribution in [0.3, 0.4) is 0 Å². The Bertz CT molecular complexity index is 667. The van der Waals surface area contributed by atoms with Crippen molar-refractivity contribution in [2.45, 2.75) is 18.9 Å². The highest BCUT2D eigenvalue weighted by Crippen LogP contribution is 2.36. The summed E-state index contributed by atoms with van der Waals surface area (Å²) in [5.74, 6) is 5.16. The van der Waals surface area contributed by atoms with E-state index in [4.69, 9.17) is 15.9 Å². The molecule has 1 N–H and O–H groups in total. The maximum atomic E-state index is 12.4. The monoisotopic (exact) mass is 312 g/mol. The lowest BCUT2D eigenvalue weighted by molar-refractivity contribution is 0.0227. The molecule has 1 amide bonds. The van der Waals surface area contributed by atoms with Crippen LogP contribution in [0.15, 0.2) is 18.2 Å². The summed E-state index contributed by atoms with van der Waals surface area (Å²) in [6.45, 7) is 2.94. The lowest BCUT2D eigenvalue weighted by atomic mass is 9.76. The Kier molecular flexibility index (Phi) is 3.62. The van der Waals surface area contributed by atoms with E-state index in [-0.39, 0.29) is 12.7 Å². The first-order chi connectivity index (χ1) is 11.2. The first-order valence-corrected chi connectivity index (χ1v) is 8.12. The highest BCUT2D eigenvalue weighted by molar-refractivity contribution is 5.94. The molecule has 4 heterocycles. The van der Waals surface area contributed by atoms with Crippen molar-refractivity contribution in [3.8, 4) is 23.8 Å². The molecule has 1 aromatic carbocycles. The summed E-state index contributed by atoms with van der Waals surface area (Å²) in [6.07, 6.45) is 7.87. The van der Waals surface area contributed by atoms with Crippen molar-refractivity contribution in [2.75, 3.05) is 26.4 Å². The first kappa shape index (κ1) is 14.4. The molecule has 5 nitrogen and oxygen atoms in total. The van der Waals surface area contributed by atoms with Gasteiger partial charge in [-0.3, -0.25) is 9.69 Å². The topological polar surface area (TPSA) is 50.8 Å². The summed E-state index contributed by atoms with van der Waals surface area (Å²) >= 11 is 0. The normalized spacial score (nSPS) is 30.7. The molecule has 5 heteroatoms. The van der Waals surface area contributed by atoms with Gasteiger partial charge in [0.2, 0.25) is 6.79 Å². The van der Waals surface area contributed by atoms with Crippen LogP contribution in [0.1, 0.15) is 23.2 Å². The average Bonchev–Trinajstić information content (AvgIpc) is 3.07. The predicted molar refractivity (Wildman–Crippen MR) is 85.3 cm³/mol. The van der Waals surface area contributed by atoms with E-state index >= 15 is 0 Å². The van der Waals surface area contributed by atoms with Crippen LogP contribution in [0.5, 0.6) is 11.5 Å². The smallest absolute Gasteiger partial charge is 0.251 e. The number of carbonyl (C=O) groups is 1. The maximum Gasteiger partial charge on any atom is 0.251 e. The molecule has 3 saturated heterocycles. The SMILES string of the molecule is C#C[C@H]1CN2CC[C@H]1C[C@@H]2CNC(=O)c1ccc2c(c1)OCO2. The van der Waals surface area contributed by atoms with Gasteiger partial charge in [0.05, 0.1) is 0 Å². The second-order valence-corrected chi connectivity index (χ2v) is 6.48. The fourth-order valence-corrected chi connectivity index (χ4v) is 3.89. The molecular formula is C18H20N2O3. The molecule has 1 aromatic rings. The molecule has 23 heavy (non-hydrogen) atoms. The van der Waals surface area contributed by atoms with Gasteiger partial charge in [0.25, 0.3) is 5.91 Å². The molecule has 120 valence electrons. The molecule has 2 bridgehead atoms. The van der Waals surface area contributed by atoms with Crippen molar-refractivity contribution in [1.29, 1.82) is 0 Å². The molecule has 0 spiro atoms. The molecule has 0 radical (unpaired) electrons. The van der Waals surface area contributed by atoms with Crippen LogP contribution < -0.4 is 14.8 Å². The summed E-state index contributed by atoms with van der Waals surface area (Å²) in [5, 5.41) is 3.05. The van der Waals surface area contributed by atoms with Crippen molar-refractivity contribution < 1.29 is 14.3 Å². The summed E-state index contributed by atoms with van der Waals surface area (Å²) in [7, 11) is 0. The number of hydrogen-bond donors (Lipinski definition) is 1. The molecule has 0 aromatic heterocycles. The van der Waals surface area contributed by atoms with Crippen LogP contribution in [-0.2, 0) is 0 Å². The second kappa shape index (κ2) is 5.78. The lowest BCUT2D eigenvalue weighted by Gasteiger charge is -2.48. The van der Waals surface area contributed by atoms with E-state index in [0.717, 1.165) is 19.5 Å². The summed E-state index contributed by atoms with van der Waals surface area (Å²) in [4.78, 5) is 14.8. The Morgan fingerprint density at radius 2 is 2.26 bits per heavy atom. The molecule has 5 rings (SSSR count). The number of nitrogens with zero attached hydrogens (tertiary/aromatic N) is 1. The highest BCUT2D eigenvalue weighted by atomic mass is 16.7. The number of terminal acetylenes is 1. The maximum absolute atomic E-state index is 12.4. The van der Waals surface area contributed by atoms with E-state index < -0.39 is 0 Å². The van der Waals surface area contributed by atoms with Gasteiger partial charge in [0, 0.05) is 30.6 Å². The van der Waals surface area contributed by atoms with Crippen molar-refractivity contribution in [3.05, 3.63) is 23.8 Å². The minimum atomic E-state index is -0.0700. The van der Waals surface area contributed by atoms with Gasteiger partial charge in [-0.25, -0.2) is 0 Å². The van der Waals surface area contributed by atoms with Crippen LogP contribution in [-0.4, -0.2) is 43.3 Å². The fraction of sp³-hybridized carbons (Fsp3) is 0.500. The molecule has 4 aliphatic rings. The number of ether oxygens (including phenoxy) is 2. The van der Waals surface area contributed by atoms with Crippen molar-refractivity contribution in [2.24, 2.45) is 11.8 Å². The van der Waals surface area contributed by atoms with E-state index in [1.54, 1.807) is 18.2 Å². The van der Waals surface area contributed by atoms with E-state index in [9.17, 15) is 4.79 Å². The largest absolute Gasteiger partial charge is 0.454 e. The van der Waals surface area contributed by atoms with Crippen molar-refractivity contribution in [1.82, 2.24) is 10.2 Å². The molecule has 1 unspecified atom stereocenters. The van der Waals surface area contributed by atoms with Gasteiger partial charge in [-0.1, -0.05) is 0 Å². The lowest BCUT2D eigenvalue weighted by Crippen LogP contribution is -2.56. The zero-order valence-electron chi connectivity index (χ0n) is 13.0. The van der Waals surface area contributed by atoms with Gasteiger partial charge in [0.1, 0.15) is 0 Å². The molecule has 4 atom stereocenters. The Labute approximate surface area is 135 Å². The number of hydrogen-bond acceptors (Lipinski definition) is 4. The first-order valence-electron chi connectivity index (χ1n) is 8.12. The van der Waals surface area contributed by atoms with E-state index in [2.05, 4.69) is 16.1 Å². The number of piperidine rings is 3. The molecule has 0 saturated carbocycles. The number of fused-ring (bicyclic) bond motifs is 4. The van der Waals surface area contributed by atoms with Crippen molar-refractivity contribution >= 4 is 5.91 Å². The summed E-state index contributed by atoms with van der Waals surface area (Å²) in [5.41, 5.74) is 0.603. The van der Waals surface area contributed by atoms with Gasteiger partial charge in [-0.15, -0.1) is 12.3 Å². The minimum absolute atomic E-state index is 0.0700. The number of amides is 1. The molecule has 4 aliphatic heterocycles. The highest BCUT2D eigenvalue weighted by Gasteiger charge is 2.39. The standard InChI is InChI=1S/C18H20N2O3/c1-2-12-10-20-6-5-13(12)7-15(20)9-19-18(21)14-3-4-16-17(8-14)23-11-22-16/h1,3-4,8,12-13,15H,5-7,9-11H2,(H,19,21)/t12-,13-,15+/m0/s1. The quantitative estimate of drug-likeness (QED) is 0.859. The average molecular weight is 312 g/mol. The Morgan fingerprint density at radius 3 is 3.04 bits per heavy atom.